The molecule has 78 valence electrons. The van der Waals surface area contributed by atoms with Crippen LogP contribution < -0.4 is 0 Å². The Kier molecular flexibility index (Phi) is 4.03. The van der Waals surface area contributed by atoms with E-state index in [-0.39, 0.29) is 30.2 Å². The van der Waals surface area contributed by atoms with Crippen LogP contribution in [0.25, 0.3) is 10.8 Å². The first-order valence-electron chi connectivity index (χ1n) is 4.23. The average Bonchev–Trinajstić information content (AvgIpc) is 2.17. The average molecular weight is 275 g/mol. The predicted molar refractivity (Wildman–Crippen MR) is 67.4 cm³/mol. The van der Waals surface area contributed by atoms with Crippen molar-refractivity contribution >= 4 is 51.5 Å². The van der Waals surface area contributed by atoms with Gasteiger partial charge in [0.1, 0.15) is 11.3 Å². The van der Waals surface area contributed by atoms with Crippen LogP contribution in [-0.2, 0) is 0 Å². The van der Waals surface area contributed by atoms with E-state index in [2.05, 4.69) is 15.9 Å². The molecule has 5 heteroatoms. The number of phenols is 1. The second-order valence-electron chi connectivity index (χ2n) is 3.17. The van der Waals surface area contributed by atoms with Gasteiger partial charge in [0, 0.05) is 4.47 Å². The number of carboxylic acids is 1. The molecule has 3 nitrogen and oxygen atoms in total. The molecule has 0 saturated heterocycles. The van der Waals surface area contributed by atoms with Gasteiger partial charge in [0.15, 0.2) is 0 Å². The quantitative estimate of drug-likeness (QED) is 0.785. The number of carboxylic acid groups (broad SMARTS) is 1. The van der Waals surface area contributed by atoms with Gasteiger partial charge in [-0.25, -0.2) is 4.79 Å². The zero-order chi connectivity index (χ0) is 11.0. The van der Waals surface area contributed by atoms with Crippen molar-refractivity contribution in [1.29, 1.82) is 0 Å². The topological polar surface area (TPSA) is 57.5 Å². The van der Waals surface area contributed by atoms with Gasteiger partial charge in [0.2, 0.25) is 0 Å². The van der Waals surface area contributed by atoms with Crippen LogP contribution in [0, 0.1) is 0 Å². The second kappa shape index (κ2) is 4.92. The Morgan fingerprint density at radius 1 is 1.12 bits per heavy atom. The molecule has 2 rings (SSSR count). The number of hydrogen-bond donors (Lipinski definition) is 2. The fourth-order valence-corrected chi connectivity index (χ4v) is 1.81. The Balaban J connectivity index is 0.00000128. The normalized spacial score (nSPS) is 9.81. The molecule has 2 N–H and O–H groups in total. The Bertz CT molecular complexity index is 554. The van der Waals surface area contributed by atoms with E-state index in [0.717, 1.165) is 15.2 Å². The molecule has 0 aromatic heterocycles. The van der Waals surface area contributed by atoms with E-state index in [1.54, 1.807) is 6.07 Å². The first-order chi connectivity index (χ1) is 7.08. The molecule has 0 saturated carbocycles. The SMILES string of the molecule is O=C(O)c1cc2cc(Br)ccc2cc1O.[LiH]. The van der Waals surface area contributed by atoms with E-state index in [4.69, 9.17) is 5.11 Å². The molecule has 2 aromatic rings. The molecule has 0 bridgehead atoms. The van der Waals surface area contributed by atoms with E-state index < -0.39 is 5.97 Å². The fraction of sp³-hybridized carbons (Fsp3) is 0. The molecule has 0 atom stereocenters. The van der Waals surface area contributed by atoms with Crippen LogP contribution in [0.3, 0.4) is 0 Å². The maximum atomic E-state index is 10.8. The van der Waals surface area contributed by atoms with Crippen molar-refractivity contribution < 1.29 is 15.0 Å². The number of carbonyl (C=O) groups is 1. The number of halogens is 1. The van der Waals surface area contributed by atoms with Crippen LogP contribution in [0.4, 0.5) is 0 Å². The maximum absolute atomic E-state index is 10.8. The van der Waals surface area contributed by atoms with Crippen LogP contribution in [0.2, 0.25) is 0 Å². The molecule has 0 amide bonds. The van der Waals surface area contributed by atoms with Crippen LogP contribution in [-0.4, -0.2) is 35.0 Å². The molecule has 0 aliphatic heterocycles. The summed E-state index contributed by atoms with van der Waals surface area (Å²) in [5.41, 5.74) is -0.0828. The summed E-state index contributed by atoms with van der Waals surface area (Å²) in [6, 6.07) is 8.36. The molecule has 16 heavy (non-hydrogen) atoms. The summed E-state index contributed by atoms with van der Waals surface area (Å²) >= 11 is 3.30. The van der Waals surface area contributed by atoms with Crippen molar-refractivity contribution in [3.63, 3.8) is 0 Å². The van der Waals surface area contributed by atoms with Gasteiger partial charge in [-0.05, 0) is 35.0 Å². The summed E-state index contributed by atoms with van der Waals surface area (Å²) in [4.78, 5) is 10.8. The van der Waals surface area contributed by atoms with E-state index in [9.17, 15) is 9.90 Å². The zero-order valence-corrected chi connectivity index (χ0v) is 9.15. The number of rotatable bonds is 1. The Labute approximate surface area is 112 Å². The molecule has 0 fully saturated rings. The summed E-state index contributed by atoms with van der Waals surface area (Å²) < 4.78 is 0.872. The van der Waals surface area contributed by atoms with Crippen molar-refractivity contribution in [3.05, 3.63) is 40.4 Å². The molecule has 0 aliphatic rings. The van der Waals surface area contributed by atoms with Gasteiger partial charge in [-0.3, -0.25) is 0 Å². The van der Waals surface area contributed by atoms with Crippen molar-refractivity contribution in [1.82, 2.24) is 0 Å². The van der Waals surface area contributed by atoms with Crippen molar-refractivity contribution in [2.24, 2.45) is 0 Å². The van der Waals surface area contributed by atoms with Gasteiger partial charge in [-0.15, -0.1) is 0 Å². The molecular formula is C11H8BrLiO3. The second-order valence-corrected chi connectivity index (χ2v) is 4.08. The summed E-state index contributed by atoms with van der Waals surface area (Å²) in [6.07, 6.45) is 0. The van der Waals surface area contributed by atoms with Crippen LogP contribution >= 0.6 is 15.9 Å². The number of aromatic hydroxyl groups is 1. The third-order valence-electron chi connectivity index (χ3n) is 2.15. The summed E-state index contributed by atoms with van der Waals surface area (Å²) in [6.45, 7) is 0. The fourth-order valence-electron chi connectivity index (χ4n) is 1.43. The number of aromatic carboxylic acids is 1. The van der Waals surface area contributed by atoms with Crippen LogP contribution in [0.1, 0.15) is 10.4 Å². The standard InChI is InChI=1S/C11H7BrO3.Li.H/c12-8-2-1-6-5-10(13)9(11(14)15)4-7(6)3-8;;/h1-5,13H,(H,14,15);;. The number of benzene rings is 2. The summed E-state index contributed by atoms with van der Waals surface area (Å²) in [7, 11) is 0. The van der Waals surface area contributed by atoms with Crippen molar-refractivity contribution in [2.45, 2.75) is 0 Å². The Hall–Kier alpha value is -0.953. The summed E-state index contributed by atoms with van der Waals surface area (Å²) in [5, 5.41) is 19.9. The molecule has 2 aromatic carbocycles. The van der Waals surface area contributed by atoms with Crippen LogP contribution in [0.15, 0.2) is 34.8 Å². The van der Waals surface area contributed by atoms with Crippen molar-refractivity contribution in [2.75, 3.05) is 0 Å². The van der Waals surface area contributed by atoms with E-state index in [0.29, 0.717) is 0 Å². The molecule has 0 heterocycles. The van der Waals surface area contributed by atoms with Gasteiger partial charge < -0.3 is 10.2 Å². The minimum atomic E-state index is -1.13. The molecule has 0 radical (unpaired) electrons. The number of fused-ring (bicyclic) bond motifs is 1. The van der Waals surface area contributed by atoms with Gasteiger partial charge in [-0.1, -0.05) is 22.0 Å². The molecular weight excluding hydrogens is 267 g/mol. The number of hydrogen-bond acceptors (Lipinski definition) is 2. The van der Waals surface area contributed by atoms with Gasteiger partial charge in [-0.2, -0.15) is 0 Å². The van der Waals surface area contributed by atoms with E-state index >= 15 is 0 Å². The first kappa shape index (κ1) is 13.1. The van der Waals surface area contributed by atoms with Crippen LogP contribution in [0.5, 0.6) is 5.75 Å². The molecule has 0 unspecified atom stereocenters. The Morgan fingerprint density at radius 3 is 2.44 bits per heavy atom. The zero-order valence-electron chi connectivity index (χ0n) is 7.57. The van der Waals surface area contributed by atoms with Gasteiger partial charge in [0.05, 0.1) is 0 Å². The van der Waals surface area contributed by atoms with E-state index in [1.807, 2.05) is 12.1 Å². The van der Waals surface area contributed by atoms with Crippen molar-refractivity contribution in [3.8, 4) is 5.75 Å². The molecule has 0 spiro atoms. The predicted octanol–water partition coefficient (Wildman–Crippen LogP) is 2.36. The summed E-state index contributed by atoms with van der Waals surface area (Å²) in [5.74, 6) is -1.34. The monoisotopic (exact) mass is 274 g/mol. The van der Waals surface area contributed by atoms with Gasteiger partial charge >= 0.3 is 24.8 Å². The molecule has 0 aliphatic carbocycles. The van der Waals surface area contributed by atoms with E-state index in [1.165, 1.54) is 12.1 Å². The first-order valence-corrected chi connectivity index (χ1v) is 5.03. The third kappa shape index (κ3) is 2.41. The third-order valence-corrected chi connectivity index (χ3v) is 2.64. The van der Waals surface area contributed by atoms with Gasteiger partial charge in [0.25, 0.3) is 0 Å². The minimum absolute atomic E-state index is 0. The Morgan fingerprint density at radius 2 is 1.81 bits per heavy atom.